The molecule has 0 unspecified atom stereocenters. The molecule has 0 spiro atoms. The zero-order valence-corrected chi connectivity index (χ0v) is 13.0. The molecule has 0 radical (unpaired) electrons. The number of aromatic hydroxyl groups is 1. The van der Waals surface area contributed by atoms with Gasteiger partial charge >= 0.3 is 0 Å². The van der Waals surface area contributed by atoms with E-state index in [-0.39, 0.29) is 11.7 Å². The molecular formula is C17H21N3O2. The van der Waals surface area contributed by atoms with E-state index in [0.29, 0.717) is 11.7 Å². The van der Waals surface area contributed by atoms with Crippen molar-refractivity contribution in [1.29, 1.82) is 0 Å². The molecule has 0 bridgehead atoms. The SMILES string of the molecule is CC(C)CCN1CCn2c(-c3ccc(O)cc3)cnc2C1=O. The molecule has 1 amide bonds. The number of nitrogens with zero attached hydrogens (tertiary/aromatic N) is 3. The highest BCUT2D eigenvalue weighted by atomic mass is 16.3. The summed E-state index contributed by atoms with van der Waals surface area (Å²) < 4.78 is 1.97. The van der Waals surface area contributed by atoms with E-state index in [1.165, 1.54) is 0 Å². The molecule has 116 valence electrons. The van der Waals surface area contributed by atoms with Gasteiger partial charge in [0.05, 0.1) is 11.9 Å². The van der Waals surface area contributed by atoms with E-state index in [2.05, 4.69) is 18.8 Å². The number of aromatic nitrogens is 2. The summed E-state index contributed by atoms with van der Waals surface area (Å²) in [6, 6.07) is 6.98. The van der Waals surface area contributed by atoms with E-state index in [4.69, 9.17) is 0 Å². The van der Waals surface area contributed by atoms with Crippen molar-refractivity contribution < 1.29 is 9.90 Å². The van der Waals surface area contributed by atoms with Crippen LogP contribution in [0.25, 0.3) is 11.3 Å². The highest BCUT2D eigenvalue weighted by Gasteiger charge is 2.27. The molecule has 2 aromatic rings. The normalized spacial score (nSPS) is 14.5. The number of imidazole rings is 1. The van der Waals surface area contributed by atoms with Gasteiger partial charge in [0, 0.05) is 25.2 Å². The van der Waals surface area contributed by atoms with Crippen LogP contribution in [0.3, 0.4) is 0 Å². The second-order valence-electron chi connectivity index (χ2n) is 6.14. The third-order valence-corrected chi connectivity index (χ3v) is 4.07. The lowest BCUT2D eigenvalue weighted by molar-refractivity contribution is 0.0690. The molecule has 0 saturated carbocycles. The van der Waals surface area contributed by atoms with E-state index < -0.39 is 0 Å². The molecule has 1 N–H and O–H groups in total. The van der Waals surface area contributed by atoms with Crippen LogP contribution < -0.4 is 0 Å². The van der Waals surface area contributed by atoms with Crippen molar-refractivity contribution in [3.8, 4) is 17.0 Å². The standard InChI is InChI=1S/C17H21N3O2/c1-12(2)7-8-19-9-10-20-15(11-18-16(20)17(19)22)13-3-5-14(21)6-4-13/h3-6,11-12,21H,7-10H2,1-2H3. The van der Waals surface area contributed by atoms with Crippen LogP contribution in [0, 0.1) is 5.92 Å². The minimum atomic E-state index is 0.0110. The van der Waals surface area contributed by atoms with E-state index in [1.54, 1.807) is 18.3 Å². The molecule has 1 aliphatic heterocycles. The number of amides is 1. The van der Waals surface area contributed by atoms with E-state index in [1.807, 2.05) is 21.6 Å². The van der Waals surface area contributed by atoms with Crippen molar-refractivity contribution >= 4 is 5.91 Å². The molecule has 3 rings (SSSR count). The number of fused-ring (bicyclic) bond motifs is 1. The largest absolute Gasteiger partial charge is 0.508 e. The quantitative estimate of drug-likeness (QED) is 0.944. The first-order valence-electron chi connectivity index (χ1n) is 7.70. The lowest BCUT2D eigenvalue weighted by Gasteiger charge is -2.28. The van der Waals surface area contributed by atoms with Crippen LogP contribution in [-0.4, -0.2) is 38.6 Å². The minimum Gasteiger partial charge on any atom is -0.508 e. The fourth-order valence-corrected chi connectivity index (χ4v) is 2.73. The van der Waals surface area contributed by atoms with E-state index >= 15 is 0 Å². The van der Waals surface area contributed by atoms with Crippen molar-refractivity contribution in [2.24, 2.45) is 5.92 Å². The second-order valence-corrected chi connectivity index (χ2v) is 6.14. The van der Waals surface area contributed by atoms with E-state index in [9.17, 15) is 9.90 Å². The Labute approximate surface area is 130 Å². The first-order chi connectivity index (χ1) is 10.6. The number of carbonyl (C=O) groups is 1. The Morgan fingerprint density at radius 3 is 2.64 bits per heavy atom. The monoisotopic (exact) mass is 299 g/mol. The first-order valence-corrected chi connectivity index (χ1v) is 7.70. The summed E-state index contributed by atoms with van der Waals surface area (Å²) in [4.78, 5) is 18.7. The number of carbonyl (C=O) groups excluding carboxylic acids is 1. The summed E-state index contributed by atoms with van der Waals surface area (Å²) in [5.74, 6) is 1.34. The smallest absolute Gasteiger partial charge is 0.289 e. The topological polar surface area (TPSA) is 58.4 Å². The second kappa shape index (κ2) is 5.83. The lowest BCUT2D eigenvalue weighted by Crippen LogP contribution is -2.41. The third kappa shape index (κ3) is 2.71. The van der Waals surface area contributed by atoms with Crippen LogP contribution in [0.5, 0.6) is 5.75 Å². The van der Waals surface area contributed by atoms with Crippen LogP contribution in [0.4, 0.5) is 0 Å². The maximum absolute atomic E-state index is 12.5. The molecule has 1 aromatic heterocycles. The minimum absolute atomic E-state index is 0.0110. The summed E-state index contributed by atoms with van der Waals surface area (Å²) in [7, 11) is 0. The van der Waals surface area contributed by atoms with Crippen LogP contribution in [0.2, 0.25) is 0 Å². The van der Waals surface area contributed by atoms with Gasteiger partial charge in [-0.25, -0.2) is 4.98 Å². The molecule has 1 aliphatic rings. The summed E-state index contributed by atoms with van der Waals surface area (Å²) in [6.45, 7) is 6.60. The van der Waals surface area contributed by atoms with Gasteiger partial charge < -0.3 is 14.6 Å². The molecule has 0 aliphatic carbocycles. The first kappa shape index (κ1) is 14.6. The van der Waals surface area contributed by atoms with Gasteiger partial charge in [-0.2, -0.15) is 0 Å². The Bertz CT molecular complexity index is 674. The summed E-state index contributed by atoms with van der Waals surface area (Å²) in [5, 5.41) is 9.39. The van der Waals surface area contributed by atoms with Gasteiger partial charge in [0.25, 0.3) is 5.91 Å². The van der Waals surface area contributed by atoms with Crippen LogP contribution >= 0.6 is 0 Å². The van der Waals surface area contributed by atoms with Crippen LogP contribution in [0.15, 0.2) is 30.5 Å². The number of rotatable bonds is 4. The Kier molecular flexibility index (Phi) is 3.88. The summed E-state index contributed by atoms with van der Waals surface area (Å²) >= 11 is 0. The predicted molar refractivity (Wildman–Crippen MR) is 84.7 cm³/mol. The zero-order valence-electron chi connectivity index (χ0n) is 13.0. The number of phenolic OH excluding ortho intramolecular Hbond substituents is 1. The van der Waals surface area contributed by atoms with Gasteiger partial charge in [0.15, 0.2) is 5.82 Å². The maximum Gasteiger partial charge on any atom is 0.289 e. The summed E-state index contributed by atoms with van der Waals surface area (Å²) in [5.41, 5.74) is 1.88. The molecule has 22 heavy (non-hydrogen) atoms. The Morgan fingerprint density at radius 2 is 1.95 bits per heavy atom. The van der Waals surface area contributed by atoms with Crippen molar-refractivity contribution in [2.45, 2.75) is 26.8 Å². The predicted octanol–water partition coefficient (Wildman–Crippen LogP) is 2.76. The van der Waals surface area contributed by atoms with Gasteiger partial charge in [0.2, 0.25) is 0 Å². The number of benzene rings is 1. The van der Waals surface area contributed by atoms with Crippen LogP contribution in [-0.2, 0) is 6.54 Å². The average molecular weight is 299 g/mol. The van der Waals surface area contributed by atoms with Crippen molar-refractivity contribution in [2.75, 3.05) is 13.1 Å². The number of phenols is 1. The fourth-order valence-electron chi connectivity index (χ4n) is 2.73. The van der Waals surface area contributed by atoms with Crippen molar-refractivity contribution in [3.63, 3.8) is 0 Å². The van der Waals surface area contributed by atoms with Crippen molar-refractivity contribution in [1.82, 2.24) is 14.5 Å². The Morgan fingerprint density at radius 1 is 1.23 bits per heavy atom. The fraction of sp³-hybridized carbons (Fsp3) is 0.412. The Balaban J connectivity index is 1.85. The van der Waals surface area contributed by atoms with Gasteiger partial charge in [-0.05, 0) is 36.6 Å². The molecule has 5 nitrogen and oxygen atoms in total. The van der Waals surface area contributed by atoms with Gasteiger partial charge in [-0.3, -0.25) is 4.79 Å². The summed E-state index contributed by atoms with van der Waals surface area (Å²) in [6.07, 6.45) is 2.75. The third-order valence-electron chi connectivity index (χ3n) is 4.07. The molecule has 2 heterocycles. The number of hydrogen-bond donors (Lipinski definition) is 1. The molecule has 0 saturated heterocycles. The van der Waals surface area contributed by atoms with Crippen molar-refractivity contribution in [3.05, 3.63) is 36.3 Å². The molecule has 0 atom stereocenters. The lowest BCUT2D eigenvalue weighted by atomic mass is 10.1. The van der Waals surface area contributed by atoms with E-state index in [0.717, 1.165) is 37.3 Å². The highest BCUT2D eigenvalue weighted by Crippen LogP contribution is 2.25. The maximum atomic E-state index is 12.5. The molecule has 1 aromatic carbocycles. The van der Waals surface area contributed by atoms with Gasteiger partial charge in [0.1, 0.15) is 5.75 Å². The molecular weight excluding hydrogens is 278 g/mol. The highest BCUT2D eigenvalue weighted by molar-refractivity contribution is 5.92. The van der Waals surface area contributed by atoms with Gasteiger partial charge in [-0.1, -0.05) is 13.8 Å². The average Bonchev–Trinajstić information content (AvgIpc) is 2.92. The van der Waals surface area contributed by atoms with Crippen LogP contribution in [0.1, 0.15) is 30.9 Å². The Hall–Kier alpha value is -2.30. The molecule has 5 heteroatoms. The molecule has 0 fully saturated rings. The zero-order chi connectivity index (χ0) is 15.7. The van der Waals surface area contributed by atoms with Gasteiger partial charge in [-0.15, -0.1) is 0 Å². The number of hydrogen-bond acceptors (Lipinski definition) is 3.